The third-order valence-corrected chi connectivity index (χ3v) is 13.4. The van der Waals surface area contributed by atoms with E-state index in [1.165, 1.54) is 0 Å². The van der Waals surface area contributed by atoms with Crippen LogP contribution in [0.1, 0.15) is 112 Å². The number of nitrogens with zero attached hydrogens (tertiary/aromatic N) is 4. The van der Waals surface area contributed by atoms with Crippen LogP contribution in [0, 0.1) is 0 Å². The van der Waals surface area contributed by atoms with E-state index < -0.39 is 43.1 Å². The molecule has 4 amide bonds. The molecule has 5 aromatic rings. The average Bonchev–Trinajstić information content (AvgIpc) is 3.43. The number of hydrogen-bond donors (Lipinski definition) is 6. The number of carbonyl (C=O) groups excluding carboxylic acids is 5. The Bertz CT molecular complexity index is 2570. The Labute approximate surface area is 428 Å². The lowest BCUT2D eigenvalue weighted by molar-refractivity contribution is -0.147. The van der Waals surface area contributed by atoms with E-state index in [-0.39, 0.29) is 48.7 Å². The van der Waals surface area contributed by atoms with E-state index in [2.05, 4.69) is 39.6 Å². The second-order valence-corrected chi connectivity index (χ2v) is 18.7. The number of anilines is 3. The lowest BCUT2D eigenvalue weighted by Crippen LogP contribution is -2.57. The summed E-state index contributed by atoms with van der Waals surface area (Å²) in [6.45, 7) is 5.83. The standard InChI is InChI=1S/C57H71N7O9/c1-4-48(5-2)64(34-33-62(3)51(68)29-30-52(69)73-37-43-13-8-6-9-14-43)36-44-15-12-16-46(35-44)54(70)59-49-27-28-50(63-31-10-7-11-32-63)60-53(49)56(72)58-47-25-21-42(22-26-47)18-17-41-19-23-45(24-20-41)55(71)61-57(38-65,39-66)40-67/h6,8-9,12-16,19-28,35,48,65-67H,4-5,7,10-11,17-18,29-34,36-40H2,1-3H3,(H,58,72)(H,59,70)(H,61,71). The molecule has 0 saturated carbocycles. The summed E-state index contributed by atoms with van der Waals surface area (Å²) in [5.41, 5.74) is 3.97. The summed E-state index contributed by atoms with van der Waals surface area (Å²) in [5.74, 6) is -1.27. The van der Waals surface area contributed by atoms with E-state index in [4.69, 9.17) is 9.72 Å². The number of aryl methyl sites for hydroxylation is 2. The van der Waals surface area contributed by atoms with Crippen LogP contribution in [-0.2, 0) is 40.3 Å². The second-order valence-electron chi connectivity index (χ2n) is 18.7. The first-order chi connectivity index (χ1) is 35.4. The summed E-state index contributed by atoms with van der Waals surface area (Å²) >= 11 is 0. The predicted octanol–water partition coefficient (Wildman–Crippen LogP) is 6.78. The molecule has 0 unspecified atom stereocenters. The van der Waals surface area contributed by atoms with Crippen LogP contribution in [0.3, 0.4) is 0 Å². The lowest BCUT2D eigenvalue weighted by Gasteiger charge is -2.32. The molecule has 0 atom stereocenters. The number of ether oxygens (including phenoxy) is 1. The first kappa shape index (κ1) is 55.3. The Hall–Kier alpha value is -6.98. The van der Waals surface area contributed by atoms with Crippen molar-refractivity contribution in [1.82, 2.24) is 20.1 Å². The minimum absolute atomic E-state index is 0.00306. The van der Waals surface area contributed by atoms with E-state index in [0.717, 1.165) is 67.4 Å². The molecule has 388 valence electrons. The van der Waals surface area contributed by atoms with Gasteiger partial charge in [0.15, 0.2) is 5.69 Å². The van der Waals surface area contributed by atoms with Crippen LogP contribution in [0.4, 0.5) is 17.2 Å². The number of hydrogen-bond acceptors (Lipinski definition) is 12. The van der Waals surface area contributed by atoms with Crippen LogP contribution in [-0.4, -0.2) is 124 Å². The number of rotatable bonds is 26. The molecule has 4 aromatic carbocycles. The van der Waals surface area contributed by atoms with Crippen molar-refractivity contribution in [2.24, 2.45) is 0 Å². The van der Waals surface area contributed by atoms with Crippen LogP contribution in [0.2, 0.25) is 0 Å². The van der Waals surface area contributed by atoms with Crippen LogP contribution < -0.4 is 20.9 Å². The summed E-state index contributed by atoms with van der Waals surface area (Å²) in [6, 6.07) is 35.1. The maximum Gasteiger partial charge on any atom is 0.306 e. The molecule has 16 heteroatoms. The Balaban J connectivity index is 1.07. The van der Waals surface area contributed by atoms with Crippen molar-refractivity contribution in [3.05, 3.63) is 154 Å². The highest BCUT2D eigenvalue weighted by molar-refractivity contribution is 6.11. The van der Waals surface area contributed by atoms with E-state index >= 15 is 0 Å². The Morgan fingerprint density at radius 3 is 1.96 bits per heavy atom. The number of likely N-dealkylation sites (N-methyl/N-ethyl adjacent to an activating group) is 1. The summed E-state index contributed by atoms with van der Waals surface area (Å²) in [6.07, 6.45) is 6.38. The second kappa shape index (κ2) is 27.7. The number of carbonyl (C=O) groups is 5. The molecular weight excluding hydrogens is 927 g/mol. The van der Waals surface area contributed by atoms with Gasteiger partial charge in [-0.15, -0.1) is 0 Å². The van der Waals surface area contributed by atoms with Crippen LogP contribution >= 0.6 is 0 Å². The van der Waals surface area contributed by atoms with Crippen molar-refractivity contribution in [2.45, 2.75) is 96.4 Å². The Morgan fingerprint density at radius 2 is 1.32 bits per heavy atom. The Morgan fingerprint density at radius 1 is 0.671 bits per heavy atom. The topological polar surface area (TPSA) is 214 Å². The molecular formula is C57H71N7O9. The fourth-order valence-electron chi connectivity index (χ4n) is 8.71. The number of piperidine rings is 1. The minimum Gasteiger partial charge on any atom is -0.461 e. The van der Waals surface area contributed by atoms with Gasteiger partial charge in [-0.05, 0) is 116 Å². The molecule has 1 saturated heterocycles. The number of aliphatic hydroxyl groups is 3. The van der Waals surface area contributed by atoms with E-state index in [1.54, 1.807) is 36.2 Å². The molecule has 1 aliphatic rings. The molecule has 0 bridgehead atoms. The van der Waals surface area contributed by atoms with Gasteiger partial charge in [0.25, 0.3) is 17.7 Å². The first-order valence-electron chi connectivity index (χ1n) is 25.3. The zero-order chi connectivity index (χ0) is 52.2. The highest BCUT2D eigenvalue weighted by Crippen LogP contribution is 2.25. The number of pyridine rings is 1. The van der Waals surface area contributed by atoms with Gasteiger partial charge < -0.3 is 45.8 Å². The SMILES string of the molecule is CCC(CC)N(CCN(C)C(=O)CCC(=O)OCc1ccccc1)Cc1cccc(C(=O)Nc2ccc(N3CCCCC3)nc2C(=O)Nc2ccc(CCc3ccc(C(=O)NC(CO)(CO)CO)cc3)cc2)c1. The number of esters is 1. The fraction of sp³-hybridized carbons (Fsp3) is 0.404. The summed E-state index contributed by atoms with van der Waals surface area (Å²) in [4.78, 5) is 77.3. The van der Waals surface area contributed by atoms with Crippen molar-refractivity contribution < 1.29 is 44.0 Å². The van der Waals surface area contributed by atoms with Gasteiger partial charge >= 0.3 is 5.97 Å². The molecule has 1 aromatic heterocycles. The van der Waals surface area contributed by atoms with Crippen LogP contribution in [0.25, 0.3) is 0 Å². The predicted molar refractivity (Wildman–Crippen MR) is 282 cm³/mol. The molecule has 0 aliphatic carbocycles. The highest BCUT2D eigenvalue weighted by atomic mass is 16.5. The van der Waals surface area contributed by atoms with Crippen LogP contribution in [0.5, 0.6) is 0 Å². The van der Waals surface area contributed by atoms with Gasteiger partial charge in [-0.2, -0.15) is 0 Å². The quantitative estimate of drug-likeness (QED) is 0.0317. The molecule has 73 heavy (non-hydrogen) atoms. The molecule has 1 fully saturated rings. The van der Waals surface area contributed by atoms with E-state index in [9.17, 15) is 39.3 Å². The summed E-state index contributed by atoms with van der Waals surface area (Å²) < 4.78 is 5.36. The van der Waals surface area contributed by atoms with Crippen molar-refractivity contribution in [3.8, 4) is 0 Å². The maximum atomic E-state index is 14.1. The van der Waals surface area contributed by atoms with Gasteiger partial charge in [-0.25, -0.2) is 4.98 Å². The smallest absolute Gasteiger partial charge is 0.306 e. The Kier molecular flexibility index (Phi) is 21.0. The van der Waals surface area contributed by atoms with Gasteiger partial charge in [0.1, 0.15) is 18.0 Å². The van der Waals surface area contributed by atoms with Crippen LogP contribution in [0.15, 0.2) is 115 Å². The molecule has 16 nitrogen and oxygen atoms in total. The van der Waals surface area contributed by atoms with Crippen molar-refractivity contribution in [2.75, 3.05) is 68.6 Å². The lowest BCUT2D eigenvalue weighted by atomic mass is 10.0. The summed E-state index contributed by atoms with van der Waals surface area (Å²) in [7, 11) is 1.75. The van der Waals surface area contributed by atoms with Crippen molar-refractivity contribution in [1.29, 1.82) is 0 Å². The zero-order valence-corrected chi connectivity index (χ0v) is 42.4. The summed E-state index contributed by atoms with van der Waals surface area (Å²) in [5, 5.41) is 37.2. The number of aromatic nitrogens is 1. The number of benzene rings is 4. The fourth-order valence-corrected chi connectivity index (χ4v) is 8.71. The molecule has 0 spiro atoms. The third kappa shape index (κ3) is 16.3. The van der Waals surface area contributed by atoms with Gasteiger partial charge in [0.2, 0.25) is 5.91 Å². The van der Waals surface area contributed by atoms with E-state index in [1.807, 2.05) is 91.0 Å². The van der Waals surface area contributed by atoms with Gasteiger partial charge in [0, 0.05) is 69.0 Å². The van der Waals surface area contributed by atoms with Gasteiger partial charge in [0.05, 0.1) is 31.9 Å². The van der Waals surface area contributed by atoms with E-state index in [0.29, 0.717) is 55.1 Å². The molecule has 2 heterocycles. The highest BCUT2D eigenvalue weighted by Gasteiger charge is 2.30. The monoisotopic (exact) mass is 998 g/mol. The number of nitrogens with one attached hydrogen (secondary N) is 3. The average molecular weight is 998 g/mol. The normalized spacial score (nSPS) is 12.6. The molecule has 1 aliphatic heterocycles. The zero-order valence-electron chi connectivity index (χ0n) is 42.4. The van der Waals surface area contributed by atoms with Crippen molar-refractivity contribution in [3.63, 3.8) is 0 Å². The molecule has 6 rings (SSSR count). The van der Waals surface area contributed by atoms with Crippen molar-refractivity contribution >= 4 is 46.8 Å². The molecule has 0 radical (unpaired) electrons. The minimum atomic E-state index is -1.52. The number of aliphatic hydroxyl groups excluding tert-OH is 3. The third-order valence-electron chi connectivity index (χ3n) is 13.4. The maximum absolute atomic E-state index is 14.1. The number of amides is 4. The first-order valence-corrected chi connectivity index (χ1v) is 25.3. The molecule has 6 N–H and O–H groups in total. The largest absolute Gasteiger partial charge is 0.461 e. The van der Waals surface area contributed by atoms with Gasteiger partial charge in [-0.1, -0.05) is 80.6 Å². The van der Waals surface area contributed by atoms with Gasteiger partial charge in [-0.3, -0.25) is 28.9 Å².